The lowest BCUT2D eigenvalue weighted by atomic mass is 9.97. The fourth-order valence-electron chi connectivity index (χ4n) is 2.53. The molecular formula is C14H22N2O2S. The molecule has 19 heavy (non-hydrogen) atoms. The smallest absolute Gasteiger partial charge is 0.348 e. The Labute approximate surface area is 118 Å². The molecule has 1 heterocycles. The summed E-state index contributed by atoms with van der Waals surface area (Å²) in [5.74, 6) is 0. The number of hydrogen-bond acceptors (Lipinski definition) is 4. The largest absolute Gasteiger partial charge is 0.396 e. The highest BCUT2D eigenvalue weighted by atomic mass is 32.2. The Morgan fingerprint density at radius 3 is 2.79 bits per heavy atom. The van der Waals surface area contributed by atoms with Crippen molar-refractivity contribution in [1.82, 2.24) is 9.55 Å². The van der Waals surface area contributed by atoms with Crippen molar-refractivity contribution >= 4 is 11.8 Å². The van der Waals surface area contributed by atoms with Gasteiger partial charge in [-0.15, -0.1) is 11.8 Å². The van der Waals surface area contributed by atoms with E-state index in [9.17, 15) is 4.79 Å². The maximum absolute atomic E-state index is 12.2. The molecule has 2 rings (SSSR count). The van der Waals surface area contributed by atoms with Crippen LogP contribution in [-0.4, -0.2) is 26.5 Å². The van der Waals surface area contributed by atoms with Crippen LogP contribution in [0, 0.1) is 0 Å². The summed E-state index contributed by atoms with van der Waals surface area (Å²) in [4.78, 5) is 16.4. The average Bonchev–Trinajstić information content (AvgIpc) is 2.38. The van der Waals surface area contributed by atoms with E-state index in [-0.39, 0.29) is 12.3 Å². The van der Waals surface area contributed by atoms with E-state index in [1.165, 1.54) is 12.0 Å². The minimum atomic E-state index is -0.155. The molecular weight excluding hydrogens is 260 g/mol. The zero-order valence-electron chi connectivity index (χ0n) is 11.7. The molecule has 106 valence electrons. The normalized spacial score (nSPS) is 14.7. The van der Waals surface area contributed by atoms with Crippen molar-refractivity contribution in [2.24, 2.45) is 0 Å². The summed E-state index contributed by atoms with van der Waals surface area (Å²) in [6.07, 6.45) is 4.92. The summed E-state index contributed by atoms with van der Waals surface area (Å²) in [7, 11) is 0. The summed E-state index contributed by atoms with van der Waals surface area (Å²) < 4.78 is 1.77. The highest BCUT2D eigenvalue weighted by Gasteiger charge is 2.20. The van der Waals surface area contributed by atoms with Gasteiger partial charge in [0.1, 0.15) is 5.03 Å². The summed E-state index contributed by atoms with van der Waals surface area (Å²) in [5.41, 5.74) is 2.27. The van der Waals surface area contributed by atoms with Gasteiger partial charge in [0.15, 0.2) is 0 Å². The van der Waals surface area contributed by atoms with Crippen LogP contribution in [0.15, 0.2) is 9.82 Å². The molecule has 0 amide bonds. The van der Waals surface area contributed by atoms with Gasteiger partial charge in [-0.2, -0.15) is 4.98 Å². The fourth-order valence-corrected chi connectivity index (χ4v) is 3.47. The molecule has 0 aliphatic heterocycles. The Balaban J connectivity index is 2.44. The van der Waals surface area contributed by atoms with E-state index in [1.807, 2.05) is 0 Å². The van der Waals surface area contributed by atoms with Crippen LogP contribution in [0.1, 0.15) is 44.4 Å². The summed E-state index contributed by atoms with van der Waals surface area (Å²) in [6.45, 7) is 4.94. The molecule has 0 aromatic carbocycles. The number of hydrogen-bond donors (Lipinski definition) is 1. The van der Waals surface area contributed by atoms with Gasteiger partial charge < -0.3 is 5.11 Å². The van der Waals surface area contributed by atoms with Gasteiger partial charge in [0.05, 0.1) is 0 Å². The first kappa shape index (κ1) is 14.6. The van der Waals surface area contributed by atoms with E-state index in [0.29, 0.717) is 18.2 Å². The minimum absolute atomic E-state index is 0.115. The predicted molar refractivity (Wildman–Crippen MR) is 77.8 cm³/mol. The predicted octanol–water partition coefficient (Wildman–Crippen LogP) is 2.00. The number of thioether (sulfide) groups is 1. The summed E-state index contributed by atoms with van der Waals surface area (Å²) >= 11 is 1.69. The second-order valence-electron chi connectivity index (χ2n) is 5.23. The molecule has 1 aliphatic rings. The van der Waals surface area contributed by atoms with Crippen molar-refractivity contribution in [3.63, 3.8) is 0 Å². The zero-order valence-corrected chi connectivity index (χ0v) is 12.5. The van der Waals surface area contributed by atoms with E-state index in [4.69, 9.17) is 5.11 Å². The van der Waals surface area contributed by atoms with Crippen molar-refractivity contribution in [1.29, 1.82) is 0 Å². The molecule has 0 spiro atoms. The van der Waals surface area contributed by atoms with Crippen molar-refractivity contribution in [3.8, 4) is 0 Å². The van der Waals surface area contributed by atoms with Crippen LogP contribution in [0.25, 0.3) is 0 Å². The third-order valence-corrected chi connectivity index (χ3v) is 4.37. The number of rotatable bonds is 5. The third-order valence-electron chi connectivity index (χ3n) is 3.34. The molecule has 0 bridgehead atoms. The highest BCUT2D eigenvalue weighted by Crippen LogP contribution is 2.30. The Kier molecular flexibility index (Phi) is 5.05. The topological polar surface area (TPSA) is 55.1 Å². The van der Waals surface area contributed by atoms with Gasteiger partial charge in [0, 0.05) is 29.7 Å². The molecule has 0 fully saturated rings. The van der Waals surface area contributed by atoms with Gasteiger partial charge >= 0.3 is 5.69 Å². The van der Waals surface area contributed by atoms with Crippen LogP contribution >= 0.6 is 11.8 Å². The molecule has 0 radical (unpaired) electrons. The van der Waals surface area contributed by atoms with Crippen molar-refractivity contribution in [3.05, 3.63) is 21.7 Å². The molecule has 5 heteroatoms. The lowest BCUT2D eigenvalue weighted by Gasteiger charge is -2.23. The number of aromatic nitrogens is 2. The van der Waals surface area contributed by atoms with Crippen LogP contribution in [-0.2, 0) is 19.4 Å². The molecule has 1 aromatic heterocycles. The number of aliphatic hydroxyl groups excluding tert-OH is 1. The second kappa shape index (κ2) is 6.57. The van der Waals surface area contributed by atoms with Crippen molar-refractivity contribution in [2.75, 3.05) is 6.61 Å². The van der Waals surface area contributed by atoms with Crippen LogP contribution < -0.4 is 5.69 Å². The molecule has 1 aromatic rings. The lowest BCUT2D eigenvalue weighted by molar-refractivity contribution is 0.277. The van der Waals surface area contributed by atoms with Gasteiger partial charge in [-0.1, -0.05) is 13.8 Å². The minimum Gasteiger partial charge on any atom is -0.396 e. The van der Waals surface area contributed by atoms with E-state index >= 15 is 0 Å². The van der Waals surface area contributed by atoms with E-state index in [2.05, 4.69) is 18.8 Å². The Morgan fingerprint density at radius 2 is 2.11 bits per heavy atom. The van der Waals surface area contributed by atoms with Gasteiger partial charge in [0.2, 0.25) is 0 Å². The molecule has 0 saturated heterocycles. The number of nitrogens with zero attached hydrogens (tertiary/aromatic N) is 2. The van der Waals surface area contributed by atoms with E-state index < -0.39 is 0 Å². The maximum atomic E-state index is 12.2. The van der Waals surface area contributed by atoms with E-state index in [0.717, 1.165) is 30.0 Å². The maximum Gasteiger partial charge on any atom is 0.348 e. The van der Waals surface area contributed by atoms with Crippen LogP contribution in [0.3, 0.4) is 0 Å². The van der Waals surface area contributed by atoms with Gasteiger partial charge in [-0.05, 0) is 32.1 Å². The van der Waals surface area contributed by atoms with Crippen LogP contribution in [0.4, 0.5) is 0 Å². The molecule has 4 nitrogen and oxygen atoms in total. The second-order valence-corrected chi connectivity index (χ2v) is 6.79. The van der Waals surface area contributed by atoms with Gasteiger partial charge in [-0.3, -0.25) is 4.57 Å². The van der Waals surface area contributed by atoms with E-state index in [1.54, 1.807) is 16.3 Å². The first-order valence-electron chi connectivity index (χ1n) is 7.03. The Hall–Kier alpha value is -0.810. The van der Waals surface area contributed by atoms with Gasteiger partial charge in [0.25, 0.3) is 0 Å². The lowest BCUT2D eigenvalue weighted by Crippen LogP contribution is -2.30. The standard InChI is InChI=1S/C14H22N2O2S/c1-10(2)19-13-11-6-3-4-7-12(11)16(8-5-9-17)14(18)15-13/h10,17H,3-9H2,1-2H3. The molecule has 0 saturated carbocycles. The zero-order chi connectivity index (χ0) is 13.8. The SMILES string of the molecule is CC(C)Sc1nc(=O)n(CCCO)c2c1CCCC2. The van der Waals surface area contributed by atoms with Gasteiger partial charge in [-0.25, -0.2) is 4.79 Å². The highest BCUT2D eigenvalue weighted by molar-refractivity contribution is 7.99. The molecule has 0 unspecified atom stereocenters. The van der Waals surface area contributed by atoms with Crippen LogP contribution in [0.5, 0.6) is 0 Å². The van der Waals surface area contributed by atoms with Crippen molar-refractivity contribution < 1.29 is 5.11 Å². The number of fused-ring (bicyclic) bond motifs is 1. The first-order valence-corrected chi connectivity index (χ1v) is 7.91. The first-order chi connectivity index (χ1) is 9.13. The Bertz CT molecular complexity index is 497. The Morgan fingerprint density at radius 1 is 1.37 bits per heavy atom. The summed E-state index contributed by atoms with van der Waals surface area (Å²) in [6, 6.07) is 0. The van der Waals surface area contributed by atoms with Crippen molar-refractivity contribution in [2.45, 2.75) is 62.8 Å². The molecule has 0 atom stereocenters. The van der Waals surface area contributed by atoms with Crippen LogP contribution in [0.2, 0.25) is 0 Å². The number of aliphatic hydroxyl groups is 1. The average molecular weight is 282 g/mol. The molecule has 1 aliphatic carbocycles. The fraction of sp³-hybridized carbons (Fsp3) is 0.714. The molecule has 1 N–H and O–H groups in total. The monoisotopic (exact) mass is 282 g/mol. The third kappa shape index (κ3) is 3.39. The quantitative estimate of drug-likeness (QED) is 0.663. The summed E-state index contributed by atoms with van der Waals surface area (Å²) in [5, 5.41) is 10.3.